The van der Waals surface area contributed by atoms with Crippen LogP contribution in [0.5, 0.6) is 5.75 Å². The summed E-state index contributed by atoms with van der Waals surface area (Å²) in [5.41, 5.74) is 1.54. The Morgan fingerprint density at radius 1 is 1.11 bits per heavy atom. The van der Waals surface area contributed by atoms with Gasteiger partial charge in [0.05, 0.1) is 10.0 Å². The Labute approximate surface area is 133 Å². The molecular weight excluding hydrogens is 395 g/mol. The summed E-state index contributed by atoms with van der Waals surface area (Å²) in [5, 5.41) is 0.574. The lowest BCUT2D eigenvalue weighted by molar-refractivity contribution is 0.0733. The highest BCUT2D eigenvalue weighted by Gasteiger charge is 2.12. The summed E-state index contributed by atoms with van der Waals surface area (Å²) < 4.78 is 6.83. The van der Waals surface area contributed by atoms with Crippen molar-refractivity contribution in [3.8, 4) is 5.75 Å². The average molecular weight is 404 g/mol. The summed E-state index contributed by atoms with van der Waals surface area (Å²) in [6.45, 7) is 1.95. The standard InChI is InChI=1S/C14H9Br2ClO2/c1-8-2-3-9(6-11(8)15)14(18)19-13-5-4-10(17)7-12(13)16/h2-7H,1H3. The maximum Gasteiger partial charge on any atom is 0.343 e. The Kier molecular flexibility index (Phi) is 4.66. The molecule has 0 aliphatic carbocycles. The van der Waals surface area contributed by atoms with E-state index in [-0.39, 0.29) is 0 Å². The van der Waals surface area contributed by atoms with E-state index in [4.69, 9.17) is 16.3 Å². The third-order valence-electron chi connectivity index (χ3n) is 2.50. The van der Waals surface area contributed by atoms with E-state index >= 15 is 0 Å². The number of benzene rings is 2. The Hall–Kier alpha value is -0.840. The van der Waals surface area contributed by atoms with Crippen LogP contribution in [0.2, 0.25) is 5.02 Å². The number of hydrogen-bond acceptors (Lipinski definition) is 2. The van der Waals surface area contributed by atoms with Gasteiger partial charge in [-0.3, -0.25) is 0 Å². The van der Waals surface area contributed by atoms with Crippen LogP contribution in [0, 0.1) is 6.92 Å². The lowest BCUT2D eigenvalue weighted by Gasteiger charge is -2.07. The van der Waals surface area contributed by atoms with Crippen molar-refractivity contribution in [2.24, 2.45) is 0 Å². The SMILES string of the molecule is Cc1ccc(C(=O)Oc2ccc(Cl)cc2Br)cc1Br. The Morgan fingerprint density at radius 3 is 2.47 bits per heavy atom. The zero-order valence-corrected chi connectivity index (χ0v) is 13.8. The van der Waals surface area contributed by atoms with Crippen LogP contribution in [0.15, 0.2) is 45.3 Å². The first kappa shape index (κ1) is 14.6. The van der Waals surface area contributed by atoms with Crippen molar-refractivity contribution in [3.63, 3.8) is 0 Å². The molecule has 2 nitrogen and oxygen atoms in total. The average Bonchev–Trinajstić information content (AvgIpc) is 2.36. The van der Waals surface area contributed by atoms with Crippen LogP contribution in [-0.4, -0.2) is 5.97 Å². The number of carbonyl (C=O) groups is 1. The van der Waals surface area contributed by atoms with Crippen LogP contribution in [0.3, 0.4) is 0 Å². The fourth-order valence-electron chi connectivity index (χ4n) is 1.44. The molecule has 98 valence electrons. The van der Waals surface area contributed by atoms with E-state index in [1.165, 1.54) is 0 Å². The zero-order chi connectivity index (χ0) is 14.0. The monoisotopic (exact) mass is 402 g/mol. The van der Waals surface area contributed by atoms with Crippen LogP contribution in [0.1, 0.15) is 15.9 Å². The van der Waals surface area contributed by atoms with Crippen LogP contribution in [0.4, 0.5) is 0 Å². The number of ether oxygens (including phenoxy) is 1. The first-order valence-corrected chi connectivity index (χ1v) is 7.37. The van der Waals surface area contributed by atoms with Crippen molar-refractivity contribution >= 4 is 49.4 Å². The Morgan fingerprint density at radius 2 is 1.84 bits per heavy atom. The van der Waals surface area contributed by atoms with Crippen LogP contribution in [-0.2, 0) is 0 Å². The third-order valence-corrected chi connectivity index (χ3v) is 4.21. The molecule has 0 spiro atoms. The quantitative estimate of drug-likeness (QED) is 0.495. The summed E-state index contributed by atoms with van der Waals surface area (Å²) in [6.07, 6.45) is 0. The lowest BCUT2D eigenvalue weighted by atomic mass is 10.1. The van der Waals surface area contributed by atoms with Crippen molar-refractivity contribution in [2.45, 2.75) is 6.92 Å². The van der Waals surface area contributed by atoms with E-state index in [0.29, 0.717) is 20.8 Å². The van der Waals surface area contributed by atoms with Crippen molar-refractivity contribution in [1.29, 1.82) is 0 Å². The van der Waals surface area contributed by atoms with E-state index in [1.807, 2.05) is 13.0 Å². The van der Waals surface area contributed by atoms with E-state index < -0.39 is 5.97 Å². The minimum Gasteiger partial charge on any atom is -0.422 e. The Balaban J connectivity index is 2.23. The smallest absolute Gasteiger partial charge is 0.343 e. The molecule has 2 aromatic rings. The Bertz CT molecular complexity index is 641. The van der Waals surface area contributed by atoms with Gasteiger partial charge in [0.25, 0.3) is 0 Å². The molecule has 19 heavy (non-hydrogen) atoms. The van der Waals surface area contributed by atoms with Gasteiger partial charge in [0.15, 0.2) is 0 Å². The number of esters is 1. The lowest BCUT2D eigenvalue weighted by Crippen LogP contribution is -2.09. The first-order valence-electron chi connectivity index (χ1n) is 5.41. The normalized spacial score (nSPS) is 10.3. The largest absolute Gasteiger partial charge is 0.422 e. The van der Waals surface area contributed by atoms with Gasteiger partial charge >= 0.3 is 5.97 Å². The molecule has 0 saturated carbocycles. The molecule has 0 aromatic heterocycles. The van der Waals surface area contributed by atoms with Crippen LogP contribution < -0.4 is 4.74 Å². The van der Waals surface area contributed by atoms with Gasteiger partial charge in [-0.25, -0.2) is 4.79 Å². The maximum atomic E-state index is 12.0. The topological polar surface area (TPSA) is 26.3 Å². The van der Waals surface area contributed by atoms with E-state index in [2.05, 4.69) is 31.9 Å². The fourth-order valence-corrected chi connectivity index (χ4v) is 2.58. The van der Waals surface area contributed by atoms with Gasteiger partial charge in [-0.15, -0.1) is 0 Å². The van der Waals surface area contributed by atoms with Gasteiger partial charge in [-0.2, -0.15) is 0 Å². The second-order valence-corrected chi connectivity index (χ2v) is 6.07. The van der Waals surface area contributed by atoms with Gasteiger partial charge in [0.2, 0.25) is 0 Å². The highest BCUT2D eigenvalue weighted by molar-refractivity contribution is 9.10. The molecule has 0 N–H and O–H groups in total. The number of rotatable bonds is 2. The minimum absolute atomic E-state index is 0.413. The second-order valence-electron chi connectivity index (χ2n) is 3.93. The summed E-state index contributed by atoms with van der Waals surface area (Å²) >= 11 is 12.5. The highest BCUT2D eigenvalue weighted by Crippen LogP contribution is 2.29. The predicted octanol–water partition coefficient (Wildman–Crippen LogP) is 5.39. The molecule has 0 amide bonds. The van der Waals surface area contributed by atoms with Crippen molar-refractivity contribution in [1.82, 2.24) is 0 Å². The number of hydrogen-bond donors (Lipinski definition) is 0. The third kappa shape index (κ3) is 3.59. The maximum absolute atomic E-state index is 12.0. The number of aryl methyl sites for hydroxylation is 1. The van der Waals surface area contributed by atoms with Crippen LogP contribution >= 0.6 is 43.5 Å². The van der Waals surface area contributed by atoms with E-state index in [0.717, 1.165) is 10.0 Å². The van der Waals surface area contributed by atoms with Gasteiger partial charge in [-0.1, -0.05) is 33.6 Å². The molecule has 0 bridgehead atoms. The molecule has 0 unspecified atom stereocenters. The van der Waals surface area contributed by atoms with E-state index in [9.17, 15) is 4.79 Å². The van der Waals surface area contributed by atoms with Gasteiger partial charge in [-0.05, 0) is 58.7 Å². The first-order chi connectivity index (χ1) is 8.97. The molecule has 0 radical (unpaired) electrons. The van der Waals surface area contributed by atoms with Crippen LogP contribution in [0.25, 0.3) is 0 Å². The molecular formula is C14H9Br2ClO2. The fraction of sp³-hybridized carbons (Fsp3) is 0.0714. The van der Waals surface area contributed by atoms with E-state index in [1.54, 1.807) is 30.3 Å². The second kappa shape index (κ2) is 6.07. The molecule has 2 rings (SSSR count). The van der Waals surface area contributed by atoms with Crippen molar-refractivity contribution < 1.29 is 9.53 Å². The minimum atomic E-state index is -0.413. The molecule has 0 aliphatic heterocycles. The molecule has 2 aromatic carbocycles. The zero-order valence-electron chi connectivity index (χ0n) is 9.91. The van der Waals surface area contributed by atoms with Crippen molar-refractivity contribution in [3.05, 3.63) is 61.5 Å². The molecule has 0 atom stereocenters. The molecule has 0 fully saturated rings. The summed E-state index contributed by atoms with van der Waals surface area (Å²) in [7, 11) is 0. The molecule has 0 heterocycles. The molecule has 0 saturated heterocycles. The van der Waals surface area contributed by atoms with Gasteiger partial charge in [0.1, 0.15) is 5.75 Å². The van der Waals surface area contributed by atoms with Crippen molar-refractivity contribution in [2.75, 3.05) is 0 Å². The number of carbonyl (C=O) groups excluding carboxylic acids is 1. The number of halogens is 3. The highest BCUT2D eigenvalue weighted by atomic mass is 79.9. The molecule has 0 aliphatic rings. The van der Waals surface area contributed by atoms with Gasteiger partial charge < -0.3 is 4.74 Å². The predicted molar refractivity (Wildman–Crippen MR) is 83.0 cm³/mol. The summed E-state index contributed by atoms with van der Waals surface area (Å²) in [6, 6.07) is 10.3. The van der Waals surface area contributed by atoms with Gasteiger partial charge in [0, 0.05) is 9.50 Å². The summed E-state index contributed by atoms with van der Waals surface area (Å²) in [4.78, 5) is 12.0. The summed E-state index contributed by atoms with van der Waals surface area (Å²) in [5.74, 6) is 0.0230. The molecule has 5 heteroatoms.